The number of carbonyl (C=O) groups excluding carboxylic acids is 1. The van der Waals surface area contributed by atoms with Crippen LogP contribution in [0.5, 0.6) is 0 Å². The van der Waals surface area contributed by atoms with E-state index >= 15 is 0 Å². The zero-order valence-electron chi connectivity index (χ0n) is 14.6. The molecule has 0 atom stereocenters. The number of hydrogen-bond acceptors (Lipinski definition) is 3. The fourth-order valence-corrected chi connectivity index (χ4v) is 3.21. The average molecular weight is 322 g/mol. The molecule has 0 aliphatic carbocycles. The number of ether oxygens (including phenoxy) is 2. The third-order valence-corrected chi connectivity index (χ3v) is 4.65. The molecular weight excluding hydrogens is 300 g/mol. The lowest BCUT2D eigenvalue weighted by atomic mass is 9.82. The molecule has 2 aromatic rings. The van der Waals surface area contributed by atoms with Gasteiger partial charge in [0.1, 0.15) is 5.76 Å². The molecule has 0 aromatic heterocycles. The van der Waals surface area contributed by atoms with Gasteiger partial charge in [0.25, 0.3) is 0 Å². The average Bonchev–Trinajstić information content (AvgIpc) is 2.94. The fraction of sp³-hybridized carbons (Fsp3) is 0.286. The summed E-state index contributed by atoms with van der Waals surface area (Å²) in [7, 11) is 1.40. The Kier molecular flexibility index (Phi) is 4.18. The summed E-state index contributed by atoms with van der Waals surface area (Å²) in [6, 6.07) is 16.6. The van der Waals surface area contributed by atoms with E-state index in [1.54, 1.807) is 0 Å². The second kappa shape index (κ2) is 6.16. The summed E-state index contributed by atoms with van der Waals surface area (Å²) in [6.45, 7) is 5.94. The Morgan fingerprint density at radius 1 is 0.917 bits per heavy atom. The minimum atomic E-state index is -0.686. The van der Waals surface area contributed by atoms with Gasteiger partial charge in [-0.05, 0) is 20.8 Å². The van der Waals surface area contributed by atoms with E-state index < -0.39 is 5.60 Å². The molecule has 124 valence electrons. The zero-order valence-corrected chi connectivity index (χ0v) is 14.6. The van der Waals surface area contributed by atoms with Gasteiger partial charge in [0.05, 0.1) is 12.7 Å². The van der Waals surface area contributed by atoms with Crippen LogP contribution in [-0.2, 0) is 19.9 Å². The first-order valence-corrected chi connectivity index (χ1v) is 8.07. The van der Waals surface area contributed by atoms with E-state index in [1.807, 2.05) is 6.92 Å². The van der Waals surface area contributed by atoms with Crippen LogP contribution in [0, 0.1) is 13.8 Å². The first-order valence-electron chi connectivity index (χ1n) is 8.07. The Morgan fingerprint density at radius 3 is 1.79 bits per heavy atom. The maximum Gasteiger partial charge on any atom is 0.337 e. The standard InChI is InChI=1S/C21H22O3/c1-14-5-9-17(10-6-14)21(18-11-7-15(2)8-12-18)13-19(16(3)24-21)20(22)23-4/h5-12H,13H2,1-4H3. The third-order valence-electron chi connectivity index (χ3n) is 4.65. The fourth-order valence-electron chi connectivity index (χ4n) is 3.21. The maximum absolute atomic E-state index is 12.1. The SMILES string of the molecule is COC(=O)C1=C(C)OC(c2ccc(C)cc2)(c2ccc(C)cc2)C1. The molecule has 2 aromatic carbocycles. The van der Waals surface area contributed by atoms with E-state index in [0.29, 0.717) is 17.8 Å². The Bertz CT molecular complexity index is 737. The number of benzene rings is 2. The predicted octanol–water partition coefficient (Wildman–Crippen LogP) is 4.41. The lowest BCUT2D eigenvalue weighted by Gasteiger charge is -2.31. The Hall–Kier alpha value is -2.55. The molecule has 0 spiro atoms. The predicted molar refractivity (Wildman–Crippen MR) is 93.6 cm³/mol. The van der Waals surface area contributed by atoms with Gasteiger partial charge in [-0.25, -0.2) is 4.79 Å². The Morgan fingerprint density at radius 2 is 1.38 bits per heavy atom. The summed E-state index contributed by atoms with van der Waals surface area (Å²) in [5, 5.41) is 0. The second-order valence-corrected chi connectivity index (χ2v) is 6.36. The van der Waals surface area contributed by atoms with E-state index in [4.69, 9.17) is 9.47 Å². The van der Waals surface area contributed by atoms with Gasteiger partial charge in [-0.2, -0.15) is 0 Å². The minimum Gasteiger partial charge on any atom is -0.482 e. The maximum atomic E-state index is 12.1. The van der Waals surface area contributed by atoms with Crippen LogP contribution in [0.4, 0.5) is 0 Å². The van der Waals surface area contributed by atoms with Gasteiger partial charge in [0, 0.05) is 17.5 Å². The number of carbonyl (C=O) groups is 1. The van der Waals surface area contributed by atoms with Crippen molar-refractivity contribution in [2.45, 2.75) is 32.8 Å². The monoisotopic (exact) mass is 322 g/mol. The molecule has 0 N–H and O–H groups in total. The van der Waals surface area contributed by atoms with Crippen molar-refractivity contribution in [3.8, 4) is 0 Å². The van der Waals surface area contributed by atoms with Crippen LogP contribution in [-0.4, -0.2) is 13.1 Å². The number of hydrogen-bond donors (Lipinski definition) is 0. The molecule has 0 fully saturated rings. The highest BCUT2D eigenvalue weighted by Crippen LogP contribution is 2.47. The zero-order chi connectivity index (χ0) is 17.3. The molecule has 0 bridgehead atoms. The normalized spacial score (nSPS) is 16.0. The molecule has 1 aliphatic heterocycles. The number of esters is 1. The van der Waals surface area contributed by atoms with E-state index in [-0.39, 0.29) is 5.97 Å². The smallest absolute Gasteiger partial charge is 0.337 e. The second-order valence-electron chi connectivity index (χ2n) is 6.36. The minimum absolute atomic E-state index is 0.325. The highest BCUT2D eigenvalue weighted by molar-refractivity contribution is 5.90. The highest BCUT2D eigenvalue weighted by atomic mass is 16.5. The van der Waals surface area contributed by atoms with Gasteiger partial charge < -0.3 is 9.47 Å². The lowest BCUT2D eigenvalue weighted by Crippen LogP contribution is -2.28. The van der Waals surface area contributed by atoms with Crippen molar-refractivity contribution in [3.05, 3.63) is 82.1 Å². The molecule has 24 heavy (non-hydrogen) atoms. The summed E-state index contributed by atoms with van der Waals surface area (Å²) in [5.41, 5.74) is 4.36. The molecule has 0 radical (unpaired) electrons. The van der Waals surface area contributed by atoms with Crippen molar-refractivity contribution in [2.75, 3.05) is 7.11 Å². The molecule has 0 saturated carbocycles. The van der Waals surface area contributed by atoms with Crippen molar-refractivity contribution in [3.63, 3.8) is 0 Å². The van der Waals surface area contributed by atoms with Crippen LogP contribution in [0.2, 0.25) is 0 Å². The van der Waals surface area contributed by atoms with E-state index in [0.717, 1.165) is 11.1 Å². The van der Waals surface area contributed by atoms with Gasteiger partial charge in [0.15, 0.2) is 5.60 Å². The summed E-state index contributed by atoms with van der Waals surface area (Å²) in [6.07, 6.45) is 0.470. The third kappa shape index (κ3) is 2.71. The number of allylic oxidation sites excluding steroid dienone is 1. The summed E-state index contributed by atoms with van der Waals surface area (Å²) >= 11 is 0. The lowest BCUT2D eigenvalue weighted by molar-refractivity contribution is -0.136. The van der Waals surface area contributed by atoms with E-state index in [1.165, 1.54) is 18.2 Å². The first kappa shape index (κ1) is 16.3. The van der Waals surface area contributed by atoms with Crippen molar-refractivity contribution in [2.24, 2.45) is 0 Å². The van der Waals surface area contributed by atoms with Gasteiger partial charge in [0.2, 0.25) is 0 Å². The van der Waals surface area contributed by atoms with Crippen molar-refractivity contribution >= 4 is 5.97 Å². The highest BCUT2D eigenvalue weighted by Gasteiger charge is 2.45. The van der Waals surface area contributed by atoms with Crippen LogP contribution in [0.15, 0.2) is 59.9 Å². The van der Waals surface area contributed by atoms with Crippen LogP contribution in [0.25, 0.3) is 0 Å². The van der Waals surface area contributed by atoms with E-state index in [2.05, 4.69) is 62.4 Å². The van der Waals surface area contributed by atoms with Gasteiger partial charge in [-0.3, -0.25) is 0 Å². The summed E-state index contributed by atoms with van der Waals surface area (Å²) < 4.78 is 11.2. The van der Waals surface area contributed by atoms with Gasteiger partial charge in [-0.1, -0.05) is 59.7 Å². The number of methoxy groups -OCH3 is 1. The quantitative estimate of drug-likeness (QED) is 0.785. The molecule has 1 aliphatic rings. The molecule has 1 heterocycles. The molecule has 3 heteroatoms. The topological polar surface area (TPSA) is 35.5 Å². The number of aryl methyl sites for hydroxylation is 2. The molecule has 0 saturated heterocycles. The van der Waals surface area contributed by atoms with Crippen molar-refractivity contribution in [1.82, 2.24) is 0 Å². The van der Waals surface area contributed by atoms with Gasteiger partial charge >= 0.3 is 5.97 Å². The summed E-state index contributed by atoms with van der Waals surface area (Å²) in [5.74, 6) is 0.302. The molecule has 0 amide bonds. The van der Waals surface area contributed by atoms with Crippen LogP contribution >= 0.6 is 0 Å². The first-order chi connectivity index (χ1) is 11.5. The van der Waals surface area contributed by atoms with E-state index in [9.17, 15) is 4.79 Å². The van der Waals surface area contributed by atoms with Crippen molar-refractivity contribution < 1.29 is 14.3 Å². The van der Waals surface area contributed by atoms with Gasteiger partial charge in [-0.15, -0.1) is 0 Å². The summed E-state index contributed by atoms with van der Waals surface area (Å²) in [4.78, 5) is 12.1. The molecule has 3 nitrogen and oxygen atoms in total. The largest absolute Gasteiger partial charge is 0.482 e. The van der Waals surface area contributed by atoms with Crippen molar-refractivity contribution in [1.29, 1.82) is 0 Å². The number of rotatable bonds is 3. The Labute approximate surface area is 142 Å². The van der Waals surface area contributed by atoms with Crippen LogP contribution in [0.1, 0.15) is 35.6 Å². The van der Waals surface area contributed by atoms with Crippen LogP contribution < -0.4 is 0 Å². The molecular formula is C21H22O3. The Balaban J connectivity index is 2.12. The molecule has 0 unspecified atom stereocenters. The van der Waals surface area contributed by atoms with Crippen LogP contribution in [0.3, 0.4) is 0 Å². The molecule has 3 rings (SSSR count).